The summed E-state index contributed by atoms with van der Waals surface area (Å²) in [5.41, 5.74) is 6.05. The molecule has 0 unspecified atom stereocenters. The largest absolute Gasteiger partial charge is 0.489 e. The molecule has 0 aromatic heterocycles. The van der Waals surface area contributed by atoms with Crippen molar-refractivity contribution in [2.24, 2.45) is 11.7 Å². The summed E-state index contributed by atoms with van der Waals surface area (Å²) in [5.74, 6) is 0.355. The standard InChI is InChI=1S/C16H22FNO4S/c17-9-15(10-18)22-11-13-1-3-16(4-2-13)23(19,20)12-14-5-7-21-8-6-14/h1-4,9,14H,5-8,10-12,18H2/b15-9+. The van der Waals surface area contributed by atoms with Crippen molar-refractivity contribution >= 4 is 9.84 Å². The fourth-order valence-electron chi connectivity index (χ4n) is 2.42. The first-order chi connectivity index (χ1) is 11.0. The van der Waals surface area contributed by atoms with Crippen LogP contribution in [0.15, 0.2) is 41.2 Å². The highest BCUT2D eigenvalue weighted by molar-refractivity contribution is 7.91. The highest BCUT2D eigenvalue weighted by Crippen LogP contribution is 2.22. The molecule has 2 rings (SSSR count). The molecule has 0 bridgehead atoms. The Bertz CT molecular complexity index is 622. The molecule has 1 fully saturated rings. The molecule has 0 spiro atoms. The number of hydrogen-bond acceptors (Lipinski definition) is 5. The van der Waals surface area contributed by atoms with Gasteiger partial charge in [0.2, 0.25) is 0 Å². The number of sulfone groups is 1. The average Bonchev–Trinajstić information content (AvgIpc) is 2.57. The third-order valence-corrected chi connectivity index (χ3v) is 5.73. The van der Waals surface area contributed by atoms with Crippen molar-refractivity contribution in [2.75, 3.05) is 25.5 Å². The van der Waals surface area contributed by atoms with E-state index in [2.05, 4.69) is 0 Å². The van der Waals surface area contributed by atoms with Crippen LogP contribution in [0.3, 0.4) is 0 Å². The Morgan fingerprint density at radius 2 is 1.96 bits per heavy atom. The second-order valence-electron chi connectivity index (χ2n) is 5.55. The van der Waals surface area contributed by atoms with E-state index in [1.54, 1.807) is 24.3 Å². The summed E-state index contributed by atoms with van der Waals surface area (Å²) in [5, 5.41) is 0. The third-order valence-electron chi connectivity index (χ3n) is 3.83. The first-order valence-electron chi connectivity index (χ1n) is 7.56. The number of halogens is 1. The molecule has 0 amide bonds. The lowest BCUT2D eigenvalue weighted by atomic mass is 10.0. The summed E-state index contributed by atoms with van der Waals surface area (Å²) < 4.78 is 47.6. The lowest BCUT2D eigenvalue weighted by Crippen LogP contribution is -2.23. The molecule has 1 aromatic rings. The number of rotatable bonds is 7. The van der Waals surface area contributed by atoms with E-state index >= 15 is 0 Å². The second-order valence-corrected chi connectivity index (χ2v) is 7.58. The van der Waals surface area contributed by atoms with Gasteiger partial charge in [-0.15, -0.1) is 0 Å². The fourth-order valence-corrected chi connectivity index (χ4v) is 4.12. The van der Waals surface area contributed by atoms with Gasteiger partial charge in [0.15, 0.2) is 9.84 Å². The van der Waals surface area contributed by atoms with E-state index in [1.165, 1.54) is 0 Å². The van der Waals surface area contributed by atoms with Gasteiger partial charge in [0.25, 0.3) is 0 Å². The molecule has 23 heavy (non-hydrogen) atoms. The molecule has 1 aliphatic rings. The normalized spacial score (nSPS) is 17.2. The summed E-state index contributed by atoms with van der Waals surface area (Å²) in [4.78, 5) is 0.299. The Balaban J connectivity index is 1.97. The zero-order valence-corrected chi connectivity index (χ0v) is 13.7. The summed E-state index contributed by atoms with van der Waals surface area (Å²) in [6, 6.07) is 6.47. The quantitative estimate of drug-likeness (QED) is 0.768. The van der Waals surface area contributed by atoms with Gasteiger partial charge in [-0.3, -0.25) is 0 Å². The maximum atomic E-state index is 12.4. The van der Waals surface area contributed by atoms with Gasteiger partial charge in [-0.25, -0.2) is 12.8 Å². The molecule has 0 saturated carbocycles. The molecule has 0 atom stereocenters. The van der Waals surface area contributed by atoms with Gasteiger partial charge in [0, 0.05) is 13.2 Å². The van der Waals surface area contributed by atoms with Crippen molar-refractivity contribution in [3.8, 4) is 0 Å². The van der Waals surface area contributed by atoms with Gasteiger partial charge in [-0.1, -0.05) is 12.1 Å². The Morgan fingerprint density at radius 1 is 1.30 bits per heavy atom. The summed E-state index contributed by atoms with van der Waals surface area (Å²) in [7, 11) is -3.31. The highest BCUT2D eigenvalue weighted by atomic mass is 32.2. The van der Waals surface area contributed by atoms with E-state index < -0.39 is 9.84 Å². The summed E-state index contributed by atoms with van der Waals surface area (Å²) in [6.07, 6.45) is 1.89. The maximum Gasteiger partial charge on any atom is 0.178 e. The van der Waals surface area contributed by atoms with E-state index in [0.717, 1.165) is 18.4 Å². The van der Waals surface area contributed by atoms with E-state index in [-0.39, 0.29) is 30.6 Å². The Hall–Kier alpha value is -1.44. The first-order valence-corrected chi connectivity index (χ1v) is 9.22. The van der Waals surface area contributed by atoms with E-state index in [1.807, 2.05) is 0 Å². The Labute approximate surface area is 136 Å². The molecule has 1 heterocycles. The fraction of sp³-hybridized carbons (Fsp3) is 0.500. The van der Waals surface area contributed by atoms with Crippen LogP contribution >= 0.6 is 0 Å². The van der Waals surface area contributed by atoms with E-state index in [4.69, 9.17) is 15.2 Å². The molecule has 1 aliphatic heterocycles. The smallest absolute Gasteiger partial charge is 0.178 e. The minimum absolute atomic E-state index is 0.0198. The number of ether oxygens (including phenoxy) is 2. The molecule has 128 valence electrons. The van der Waals surface area contributed by atoms with Gasteiger partial charge >= 0.3 is 0 Å². The van der Waals surface area contributed by atoms with Crippen molar-refractivity contribution in [3.63, 3.8) is 0 Å². The zero-order valence-electron chi connectivity index (χ0n) is 12.9. The molecule has 2 N–H and O–H groups in total. The van der Waals surface area contributed by atoms with Crippen molar-refractivity contribution in [1.29, 1.82) is 0 Å². The van der Waals surface area contributed by atoms with Gasteiger partial charge in [-0.05, 0) is 36.5 Å². The lowest BCUT2D eigenvalue weighted by molar-refractivity contribution is 0.0723. The minimum atomic E-state index is -3.31. The van der Waals surface area contributed by atoms with Crippen molar-refractivity contribution < 1.29 is 22.3 Å². The lowest BCUT2D eigenvalue weighted by Gasteiger charge is -2.21. The summed E-state index contributed by atoms with van der Waals surface area (Å²) in [6.45, 7) is 1.38. The van der Waals surface area contributed by atoms with Crippen molar-refractivity contribution in [2.45, 2.75) is 24.3 Å². The predicted octanol–water partition coefficient (Wildman–Crippen LogP) is 2.17. The van der Waals surface area contributed by atoms with Crippen LogP contribution in [0.4, 0.5) is 4.39 Å². The molecule has 7 heteroatoms. The van der Waals surface area contributed by atoms with Gasteiger partial charge < -0.3 is 15.2 Å². The van der Waals surface area contributed by atoms with Crippen LogP contribution < -0.4 is 5.73 Å². The average molecular weight is 343 g/mol. The van der Waals surface area contributed by atoms with Crippen molar-refractivity contribution in [1.82, 2.24) is 0 Å². The van der Waals surface area contributed by atoms with Crippen LogP contribution in [-0.2, 0) is 25.9 Å². The van der Waals surface area contributed by atoms with Crippen LogP contribution in [0.1, 0.15) is 18.4 Å². The highest BCUT2D eigenvalue weighted by Gasteiger charge is 2.23. The monoisotopic (exact) mass is 343 g/mol. The predicted molar refractivity (Wildman–Crippen MR) is 85.1 cm³/mol. The van der Waals surface area contributed by atoms with Gasteiger partial charge in [0.1, 0.15) is 18.7 Å². The molecule has 5 nitrogen and oxygen atoms in total. The number of benzene rings is 1. The number of hydrogen-bond donors (Lipinski definition) is 1. The third kappa shape index (κ3) is 5.30. The van der Waals surface area contributed by atoms with Crippen LogP contribution in [-0.4, -0.2) is 33.9 Å². The van der Waals surface area contributed by atoms with Gasteiger partial charge in [-0.2, -0.15) is 0 Å². The molecular formula is C16H22FNO4S. The number of nitrogens with two attached hydrogens (primary N) is 1. The SMILES string of the molecule is NC/C(=C\F)OCc1ccc(S(=O)(=O)CC2CCOCC2)cc1. The molecule has 1 aromatic carbocycles. The van der Waals surface area contributed by atoms with E-state index in [0.29, 0.717) is 24.4 Å². The minimum Gasteiger partial charge on any atom is -0.489 e. The van der Waals surface area contributed by atoms with E-state index in [9.17, 15) is 12.8 Å². The van der Waals surface area contributed by atoms with Crippen molar-refractivity contribution in [3.05, 3.63) is 41.9 Å². The van der Waals surface area contributed by atoms with Crippen LogP contribution in [0.2, 0.25) is 0 Å². The van der Waals surface area contributed by atoms with Crippen LogP contribution in [0.5, 0.6) is 0 Å². The second kappa shape index (κ2) is 8.42. The summed E-state index contributed by atoms with van der Waals surface area (Å²) >= 11 is 0. The molecule has 0 aliphatic carbocycles. The Kier molecular flexibility index (Phi) is 6.56. The molecule has 1 saturated heterocycles. The maximum absolute atomic E-state index is 12.4. The Morgan fingerprint density at radius 3 is 2.52 bits per heavy atom. The van der Waals surface area contributed by atoms with Crippen LogP contribution in [0, 0.1) is 5.92 Å². The molecule has 0 radical (unpaired) electrons. The van der Waals surface area contributed by atoms with Gasteiger partial charge in [0.05, 0.1) is 17.2 Å². The topological polar surface area (TPSA) is 78.6 Å². The van der Waals surface area contributed by atoms with Crippen LogP contribution in [0.25, 0.3) is 0 Å². The zero-order chi connectivity index (χ0) is 16.7. The molecular weight excluding hydrogens is 321 g/mol. The first kappa shape index (κ1) is 17.9.